The molecule has 0 aromatic carbocycles. The Kier molecular flexibility index (Phi) is 4.93. The van der Waals surface area contributed by atoms with Crippen LogP contribution in [0.3, 0.4) is 0 Å². The van der Waals surface area contributed by atoms with E-state index in [0.29, 0.717) is 6.04 Å². The van der Waals surface area contributed by atoms with Crippen LogP contribution in [0.1, 0.15) is 44.1 Å². The Labute approximate surface area is 110 Å². The van der Waals surface area contributed by atoms with Gasteiger partial charge in [0.1, 0.15) is 0 Å². The second-order valence-electron chi connectivity index (χ2n) is 5.19. The predicted molar refractivity (Wildman–Crippen MR) is 74.7 cm³/mol. The fourth-order valence-electron chi connectivity index (χ4n) is 2.63. The van der Waals surface area contributed by atoms with Crippen LogP contribution in [0.15, 0.2) is 12.4 Å². The second kappa shape index (κ2) is 6.69. The summed E-state index contributed by atoms with van der Waals surface area (Å²) in [5.41, 5.74) is 6.75. The molecule has 100 valence electrons. The van der Waals surface area contributed by atoms with E-state index < -0.39 is 0 Å². The highest BCUT2D eigenvalue weighted by molar-refractivity contribution is 5.31. The Morgan fingerprint density at radius 3 is 2.50 bits per heavy atom. The van der Waals surface area contributed by atoms with Gasteiger partial charge >= 0.3 is 0 Å². The SMILES string of the molecule is Cc1cnc(N(CCCN)C2CCCCC2)nc1. The number of aryl methyl sites for hydroxylation is 1. The number of hydrogen-bond donors (Lipinski definition) is 1. The monoisotopic (exact) mass is 248 g/mol. The van der Waals surface area contributed by atoms with Crippen LogP contribution in [-0.2, 0) is 0 Å². The Hall–Kier alpha value is -1.16. The van der Waals surface area contributed by atoms with Gasteiger partial charge in [-0.2, -0.15) is 0 Å². The third-order valence-electron chi connectivity index (χ3n) is 3.64. The van der Waals surface area contributed by atoms with E-state index in [0.717, 1.165) is 31.0 Å². The first-order chi connectivity index (χ1) is 8.81. The van der Waals surface area contributed by atoms with Gasteiger partial charge in [-0.1, -0.05) is 19.3 Å². The number of hydrogen-bond acceptors (Lipinski definition) is 4. The second-order valence-corrected chi connectivity index (χ2v) is 5.19. The van der Waals surface area contributed by atoms with Gasteiger partial charge in [0.25, 0.3) is 0 Å². The van der Waals surface area contributed by atoms with Crippen LogP contribution in [0.4, 0.5) is 5.95 Å². The lowest BCUT2D eigenvalue weighted by atomic mass is 9.94. The van der Waals surface area contributed by atoms with Crippen LogP contribution in [0.2, 0.25) is 0 Å². The van der Waals surface area contributed by atoms with Gasteiger partial charge in [0.05, 0.1) is 0 Å². The lowest BCUT2D eigenvalue weighted by molar-refractivity contribution is 0.409. The Bertz CT molecular complexity index is 343. The molecule has 1 saturated carbocycles. The summed E-state index contributed by atoms with van der Waals surface area (Å²) in [4.78, 5) is 11.3. The summed E-state index contributed by atoms with van der Waals surface area (Å²) < 4.78 is 0. The lowest BCUT2D eigenvalue weighted by Crippen LogP contribution is -2.39. The van der Waals surface area contributed by atoms with Gasteiger partial charge in [-0.05, 0) is 38.3 Å². The van der Waals surface area contributed by atoms with Crippen molar-refractivity contribution in [3.8, 4) is 0 Å². The van der Waals surface area contributed by atoms with Gasteiger partial charge in [-0.15, -0.1) is 0 Å². The minimum atomic E-state index is 0.605. The van der Waals surface area contributed by atoms with Crippen molar-refractivity contribution < 1.29 is 0 Å². The van der Waals surface area contributed by atoms with Crippen LogP contribution < -0.4 is 10.6 Å². The van der Waals surface area contributed by atoms with Crippen LogP contribution in [0, 0.1) is 6.92 Å². The molecule has 0 saturated heterocycles. The number of anilines is 1. The van der Waals surface area contributed by atoms with E-state index in [2.05, 4.69) is 14.9 Å². The molecule has 0 aliphatic heterocycles. The highest BCUT2D eigenvalue weighted by atomic mass is 15.3. The molecule has 0 radical (unpaired) electrons. The molecular formula is C14H24N4. The van der Waals surface area contributed by atoms with Gasteiger partial charge in [0, 0.05) is 25.0 Å². The Morgan fingerprint density at radius 2 is 1.89 bits per heavy atom. The number of rotatable bonds is 5. The van der Waals surface area contributed by atoms with Crippen molar-refractivity contribution >= 4 is 5.95 Å². The molecule has 2 rings (SSSR count). The number of nitrogens with two attached hydrogens (primary N) is 1. The Morgan fingerprint density at radius 1 is 1.22 bits per heavy atom. The van der Waals surface area contributed by atoms with Crippen LogP contribution in [-0.4, -0.2) is 29.1 Å². The summed E-state index contributed by atoms with van der Waals surface area (Å²) in [5, 5.41) is 0. The first kappa shape index (κ1) is 13.3. The molecule has 1 aliphatic rings. The van der Waals surface area contributed by atoms with E-state index in [1.165, 1.54) is 32.1 Å². The van der Waals surface area contributed by atoms with E-state index >= 15 is 0 Å². The molecule has 1 aromatic heterocycles. The molecular weight excluding hydrogens is 224 g/mol. The van der Waals surface area contributed by atoms with Crippen LogP contribution >= 0.6 is 0 Å². The normalized spacial score (nSPS) is 16.8. The first-order valence-electron chi connectivity index (χ1n) is 7.06. The number of aromatic nitrogens is 2. The third-order valence-corrected chi connectivity index (χ3v) is 3.64. The van der Waals surface area contributed by atoms with E-state index in [9.17, 15) is 0 Å². The predicted octanol–water partition coefficient (Wildman–Crippen LogP) is 2.27. The summed E-state index contributed by atoms with van der Waals surface area (Å²) in [6, 6.07) is 0.605. The molecule has 0 amide bonds. The summed E-state index contributed by atoms with van der Waals surface area (Å²) in [7, 11) is 0. The quantitative estimate of drug-likeness (QED) is 0.868. The standard InChI is InChI=1S/C14H24N4/c1-12-10-16-14(17-11-12)18(9-5-8-15)13-6-3-2-4-7-13/h10-11,13H,2-9,15H2,1H3. The molecule has 18 heavy (non-hydrogen) atoms. The molecule has 2 N–H and O–H groups in total. The van der Waals surface area contributed by atoms with Gasteiger partial charge < -0.3 is 10.6 Å². The maximum atomic E-state index is 5.64. The number of nitrogens with zero attached hydrogens (tertiary/aromatic N) is 3. The van der Waals surface area contributed by atoms with Crippen molar-refractivity contribution in [2.24, 2.45) is 5.73 Å². The molecule has 1 fully saturated rings. The largest absolute Gasteiger partial charge is 0.338 e. The zero-order valence-corrected chi connectivity index (χ0v) is 11.3. The van der Waals surface area contributed by atoms with Gasteiger partial charge in [0.15, 0.2) is 0 Å². The van der Waals surface area contributed by atoms with E-state index in [1.807, 2.05) is 19.3 Å². The van der Waals surface area contributed by atoms with Gasteiger partial charge in [0.2, 0.25) is 5.95 Å². The fourth-order valence-corrected chi connectivity index (χ4v) is 2.63. The summed E-state index contributed by atoms with van der Waals surface area (Å²) in [6.45, 7) is 3.73. The zero-order chi connectivity index (χ0) is 12.8. The maximum Gasteiger partial charge on any atom is 0.225 e. The average Bonchev–Trinajstić information content (AvgIpc) is 2.42. The lowest BCUT2D eigenvalue weighted by Gasteiger charge is -2.34. The third kappa shape index (κ3) is 3.42. The van der Waals surface area contributed by atoms with Crippen molar-refractivity contribution in [1.82, 2.24) is 9.97 Å². The average molecular weight is 248 g/mol. The molecule has 0 unspecified atom stereocenters. The van der Waals surface area contributed by atoms with Crippen molar-refractivity contribution in [3.63, 3.8) is 0 Å². The summed E-state index contributed by atoms with van der Waals surface area (Å²) in [5.74, 6) is 0.876. The van der Waals surface area contributed by atoms with Crippen molar-refractivity contribution in [2.45, 2.75) is 51.5 Å². The Balaban J connectivity index is 2.10. The molecule has 1 aliphatic carbocycles. The summed E-state index contributed by atoms with van der Waals surface area (Å²) >= 11 is 0. The van der Waals surface area contributed by atoms with Crippen LogP contribution in [0.5, 0.6) is 0 Å². The van der Waals surface area contributed by atoms with Gasteiger partial charge in [-0.3, -0.25) is 0 Å². The van der Waals surface area contributed by atoms with E-state index in [-0.39, 0.29) is 0 Å². The van der Waals surface area contributed by atoms with Crippen LogP contribution in [0.25, 0.3) is 0 Å². The minimum absolute atomic E-state index is 0.605. The van der Waals surface area contributed by atoms with Crippen molar-refractivity contribution in [2.75, 3.05) is 18.0 Å². The molecule has 4 nitrogen and oxygen atoms in total. The van der Waals surface area contributed by atoms with Crippen molar-refractivity contribution in [3.05, 3.63) is 18.0 Å². The maximum absolute atomic E-state index is 5.64. The molecule has 1 aromatic rings. The molecule has 0 spiro atoms. The topological polar surface area (TPSA) is 55.0 Å². The molecule has 4 heteroatoms. The highest BCUT2D eigenvalue weighted by Crippen LogP contribution is 2.25. The fraction of sp³-hybridized carbons (Fsp3) is 0.714. The smallest absolute Gasteiger partial charge is 0.225 e. The minimum Gasteiger partial charge on any atom is -0.338 e. The molecule has 1 heterocycles. The molecule has 0 bridgehead atoms. The highest BCUT2D eigenvalue weighted by Gasteiger charge is 2.22. The van der Waals surface area contributed by atoms with Gasteiger partial charge in [-0.25, -0.2) is 9.97 Å². The van der Waals surface area contributed by atoms with Crippen molar-refractivity contribution in [1.29, 1.82) is 0 Å². The summed E-state index contributed by atoms with van der Waals surface area (Å²) in [6.07, 6.45) is 11.4. The van der Waals surface area contributed by atoms with E-state index in [4.69, 9.17) is 5.73 Å². The first-order valence-corrected chi connectivity index (χ1v) is 7.06. The van der Waals surface area contributed by atoms with E-state index in [1.54, 1.807) is 0 Å². The molecule has 0 atom stereocenters. The zero-order valence-electron chi connectivity index (χ0n) is 11.3.